The standard InChI is InChI=1S/C17H17BrClNO2/c1-3-12-8-13(18)5-7-16(12)22-10-17(21)20-15-9-14(19)6-4-11(15)2/h4-9H,3,10H2,1-2H3,(H,20,21). The van der Waals surface area contributed by atoms with Gasteiger partial charge in [0.25, 0.3) is 5.91 Å². The second kappa shape index (κ2) is 7.65. The minimum Gasteiger partial charge on any atom is -0.483 e. The second-order valence-corrected chi connectivity index (χ2v) is 6.25. The van der Waals surface area contributed by atoms with Crippen molar-refractivity contribution in [1.82, 2.24) is 0 Å². The predicted molar refractivity (Wildman–Crippen MR) is 93.8 cm³/mol. The topological polar surface area (TPSA) is 38.3 Å². The number of carbonyl (C=O) groups is 1. The van der Waals surface area contributed by atoms with Crippen molar-refractivity contribution in [3.8, 4) is 5.75 Å². The minimum atomic E-state index is -0.213. The SMILES string of the molecule is CCc1cc(Br)ccc1OCC(=O)Nc1cc(Cl)ccc1C. The molecule has 0 atom stereocenters. The average Bonchev–Trinajstić information content (AvgIpc) is 2.49. The molecule has 1 N–H and O–H groups in total. The Kier molecular flexibility index (Phi) is 5.86. The summed E-state index contributed by atoms with van der Waals surface area (Å²) in [5.41, 5.74) is 2.71. The molecule has 116 valence electrons. The molecule has 3 nitrogen and oxygen atoms in total. The van der Waals surface area contributed by atoms with Gasteiger partial charge in [-0.05, 0) is 54.8 Å². The van der Waals surface area contributed by atoms with E-state index in [0.717, 1.165) is 27.8 Å². The van der Waals surface area contributed by atoms with Crippen LogP contribution in [0.2, 0.25) is 5.02 Å². The zero-order valence-corrected chi connectivity index (χ0v) is 14.8. The molecule has 0 aromatic heterocycles. The van der Waals surface area contributed by atoms with Crippen LogP contribution in [-0.4, -0.2) is 12.5 Å². The lowest BCUT2D eigenvalue weighted by Gasteiger charge is -2.12. The molecule has 0 radical (unpaired) electrons. The number of hydrogen-bond acceptors (Lipinski definition) is 2. The minimum absolute atomic E-state index is 0.0411. The third kappa shape index (κ3) is 4.49. The lowest BCUT2D eigenvalue weighted by molar-refractivity contribution is -0.118. The number of ether oxygens (including phenoxy) is 1. The number of benzene rings is 2. The van der Waals surface area contributed by atoms with E-state index in [1.165, 1.54) is 0 Å². The maximum atomic E-state index is 12.0. The van der Waals surface area contributed by atoms with Crippen LogP contribution in [0.4, 0.5) is 5.69 Å². The van der Waals surface area contributed by atoms with Crippen LogP contribution in [0.5, 0.6) is 5.75 Å². The van der Waals surface area contributed by atoms with Crippen LogP contribution in [0.3, 0.4) is 0 Å². The highest BCUT2D eigenvalue weighted by Gasteiger charge is 2.08. The lowest BCUT2D eigenvalue weighted by Crippen LogP contribution is -2.21. The Morgan fingerprint density at radius 1 is 1.27 bits per heavy atom. The molecule has 2 rings (SSSR count). The highest BCUT2D eigenvalue weighted by molar-refractivity contribution is 9.10. The molecule has 0 unspecified atom stereocenters. The number of rotatable bonds is 5. The van der Waals surface area contributed by atoms with E-state index in [0.29, 0.717) is 10.7 Å². The van der Waals surface area contributed by atoms with Crippen LogP contribution in [-0.2, 0) is 11.2 Å². The summed E-state index contributed by atoms with van der Waals surface area (Å²) in [5, 5.41) is 3.40. The molecule has 1 amide bonds. The summed E-state index contributed by atoms with van der Waals surface area (Å²) >= 11 is 9.37. The quantitative estimate of drug-likeness (QED) is 0.791. The first-order valence-electron chi connectivity index (χ1n) is 6.97. The van der Waals surface area contributed by atoms with Crippen LogP contribution in [0.25, 0.3) is 0 Å². The Hall–Kier alpha value is -1.52. The van der Waals surface area contributed by atoms with Crippen molar-refractivity contribution in [2.24, 2.45) is 0 Å². The molecule has 0 bridgehead atoms. The first-order chi connectivity index (χ1) is 10.5. The normalized spacial score (nSPS) is 10.4. The van der Waals surface area contributed by atoms with Crippen molar-refractivity contribution in [1.29, 1.82) is 0 Å². The molecular weight excluding hydrogens is 366 g/mol. The summed E-state index contributed by atoms with van der Waals surface area (Å²) in [5.74, 6) is 0.513. The number of nitrogens with one attached hydrogen (secondary N) is 1. The van der Waals surface area contributed by atoms with E-state index in [9.17, 15) is 4.79 Å². The summed E-state index contributed by atoms with van der Waals surface area (Å²) in [6, 6.07) is 11.1. The molecule has 0 heterocycles. The summed E-state index contributed by atoms with van der Waals surface area (Å²) in [6.07, 6.45) is 0.837. The Labute approximate surface area is 143 Å². The molecule has 0 spiro atoms. The maximum absolute atomic E-state index is 12.0. The van der Waals surface area contributed by atoms with Gasteiger partial charge in [-0.2, -0.15) is 0 Å². The van der Waals surface area contributed by atoms with E-state index >= 15 is 0 Å². The molecule has 22 heavy (non-hydrogen) atoms. The maximum Gasteiger partial charge on any atom is 0.262 e. The first kappa shape index (κ1) is 16.8. The highest BCUT2D eigenvalue weighted by atomic mass is 79.9. The van der Waals surface area contributed by atoms with Gasteiger partial charge in [-0.3, -0.25) is 4.79 Å². The fraction of sp³-hybridized carbons (Fsp3) is 0.235. The summed E-state index contributed by atoms with van der Waals surface area (Å²) in [4.78, 5) is 12.0. The monoisotopic (exact) mass is 381 g/mol. The van der Waals surface area contributed by atoms with Crippen LogP contribution in [0, 0.1) is 6.92 Å². The Bertz CT molecular complexity index is 688. The van der Waals surface area contributed by atoms with Gasteiger partial charge in [0, 0.05) is 15.2 Å². The summed E-state index contributed by atoms with van der Waals surface area (Å²) in [6.45, 7) is 3.92. The Balaban J connectivity index is 2.00. The number of carbonyl (C=O) groups excluding carboxylic acids is 1. The van der Waals surface area contributed by atoms with Crippen molar-refractivity contribution in [2.75, 3.05) is 11.9 Å². The Morgan fingerprint density at radius 2 is 2.05 bits per heavy atom. The van der Waals surface area contributed by atoms with Crippen molar-refractivity contribution in [3.05, 3.63) is 57.0 Å². The number of amides is 1. The van der Waals surface area contributed by atoms with Crippen molar-refractivity contribution in [2.45, 2.75) is 20.3 Å². The van der Waals surface area contributed by atoms with E-state index in [2.05, 4.69) is 21.2 Å². The molecule has 2 aromatic carbocycles. The zero-order chi connectivity index (χ0) is 16.1. The molecule has 0 aliphatic rings. The van der Waals surface area contributed by atoms with E-state index in [1.54, 1.807) is 12.1 Å². The second-order valence-electron chi connectivity index (χ2n) is 4.90. The van der Waals surface area contributed by atoms with Crippen LogP contribution in [0.1, 0.15) is 18.1 Å². The van der Waals surface area contributed by atoms with Gasteiger partial charge in [0.2, 0.25) is 0 Å². The van der Waals surface area contributed by atoms with Crippen molar-refractivity contribution in [3.63, 3.8) is 0 Å². The van der Waals surface area contributed by atoms with E-state index in [-0.39, 0.29) is 12.5 Å². The van der Waals surface area contributed by atoms with E-state index < -0.39 is 0 Å². The van der Waals surface area contributed by atoms with E-state index in [4.69, 9.17) is 16.3 Å². The van der Waals surface area contributed by atoms with Crippen molar-refractivity contribution >= 4 is 39.1 Å². The molecular formula is C17H17BrClNO2. The molecule has 0 aliphatic heterocycles. The van der Waals surface area contributed by atoms with Crippen LogP contribution < -0.4 is 10.1 Å². The van der Waals surface area contributed by atoms with Gasteiger partial charge in [-0.15, -0.1) is 0 Å². The van der Waals surface area contributed by atoms with Gasteiger partial charge >= 0.3 is 0 Å². The highest BCUT2D eigenvalue weighted by Crippen LogP contribution is 2.24. The first-order valence-corrected chi connectivity index (χ1v) is 8.14. The van der Waals surface area contributed by atoms with Gasteiger partial charge in [-0.25, -0.2) is 0 Å². The lowest BCUT2D eigenvalue weighted by atomic mass is 10.1. The number of aryl methyl sites for hydroxylation is 2. The van der Waals surface area contributed by atoms with E-state index in [1.807, 2.05) is 38.1 Å². The molecule has 0 saturated heterocycles. The fourth-order valence-electron chi connectivity index (χ4n) is 2.02. The van der Waals surface area contributed by atoms with Gasteiger partial charge in [0.05, 0.1) is 0 Å². The summed E-state index contributed by atoms with van der Waals surface area (Å²) in [7, 11) is 0. The van der Waals surface area contributed by atoms with Crippen molar-refractivity contribution < 1.29 is 9.53 Å². The largest absolute Gasteiger partial charge is 0.483 e. The summed E-state index contributed by atoms with van der Waals surface area (Å²) < 4.78 is 6.62. The van der Waals surface area contributed by atoms with Gasteiger partial charge < -0.3 is 10.1 Å². The number of anilines is 1. The number of halogens is 2. The Morgan fingerprint density at radius 3 is 2.77 bits per heavy atom. The predicted octanol–water partition coefficient (Wildman–Crippen LogP) is 4.99. The fourth-order valence-corrected chi connectivity index (χ4v) is 2.60. The third-order valence-corrected chi connectivity index (χ3v) is 3.96. The molecule has 2 aromatic rings. The van der Waals surface area contributed by atoms with Gasteiger partial charge in [0.1, 0.15) is 5.75 Å². The number of hydrogen-bond donors (Lipinski definition) is 1. The van der Waals surface area contributed by atoms with Gasteiger partial charge in [0.15, 0.2) is 6.61 Å². The molecule has 5 heteroatoms. The van der Waals surface area contributed by atoms with Gasteiger partial charge in [-0.1, -0.05) is 40.5 Å². The third-order valence-electron chi connectivity index (χ3n) is 3.24. The smallest absolute Gasteiger partial charge is 0.262 e. The van der Waals surface area contributed by atoms with Crippen LogP contribution in [0.15, 0.2) is 40.9 Å². The molecule has 0 saturated carbocycles. The zero-order valence-electron chi connectivity index (χ0n) is 12.5. The molecule has 0 aliphatic carbocycles. The average molecular weight is 383 g/mol. The van der Waals surface area contributed by atoms with Crippen LogP contribution >= 0.6 is 27.5 Å². The molecule has 0 fully saturated rings.